The number of carbonyl (C=O) groups excluding carboxylic acids is 4. The summed E-state index contributed by atoms with van der Waals surface area (Å²) >= 11 is 12.5. The Hall–Kier alpha value is -6.52. The number of imidazole rings is 2. The van der Waals surface area contributed by atoms with E-state index in [9.17, 15) is 19.2 Å². The summed E-state index contributed by atoms with van der Waals surface area (Å²) in [5.74, 6) is 0.0700. The number of ether oxygens (including phenoxy) is 3. The molecule has 0 radical (unpaired) electrons. The minimum absolute atomic E-state index is 0.108. The van der Waals surface area contributed by atoms with Gasteiger partial charge in [-0.25, -0.2) is 9.97 Å². The molecule has 4 heterocycles. The molecule has 17 heteroatoms. The van der Waals surface area contributed by atoms with E-state index in [1.807, 2.05) is 73.7 Å². The molecule has 73 heavy (non-hydrogen) atoms. The van der Waals surface area contributed by atoms with Gasteiger partial charge in [-0.2, -0.15) is 0 Å². The summed E-state index contributed by atoms with van der Waals surface area (Å²) in [6, 6.07) is 29.4. The molecule has 4 aromatic carbocycles. The van der Waals surface area contributed by atoms with E-state index >= 15 is 0 Å². The first kappa shape index (κ1) is 54.3. The van der Waals surface area contributed by atoms with E-state index in [1.54, 1.807) is 60.2 Å². The third kappa shape index (κ3) is 14.4. The van der Waals surface area contributed by atoms with Crippen LogP contribution >= 0.6 is 23.2 Å². The molecule has 0 aliphatic carbocycles. The lowest BCUT2D eigenvalue weighted by molar-refractivity contribution is -0.175. The molecule has 2 aliphatic heterocycles. The molecule has 2 saturated heterocycles. The number of H-pyrrole nitrogens is 2. The van der Waals surface area contributed by atoms with E-state index in [0.717, 1.165) is 57.8 Å². The van der Waals surface area contributed by atoms with Crippen LogP contribution in [0.25, 0.3) is 0 Å². The van der Waals surface area contributed by atoms with Crippen molar-refractivity contribution in [2.45, 2.75) is 95.4 Å². The molecule has 0 bridgehead atoms. The maximum atomic E-state index is 13.7. The highest BCUT2D eigenvalue weighted by Gasteiger charge is 2.50. The van der Waals surface area contributed by atoms with Gasteiger partial charge in [0, 0.05) is 61.3 Å². The topological polar surface area (TPSA) is 184 Å². The van der Waals surface area contributed by atoms with Gasteiger partial charge in [-0.1, -0.05) is 109 Å². The fourth-order valence-corrected chi connectivity index (χ4v) is 9.77. The Morgan fingerprint density at radius 3 is 1.82 bits per heavy atom. The first-order chi connectivity index (χ1) is 35.3. The maximum Gasteiger partial charge on any atom is 0.245 e. The Bertz CT molecular complexity index is 2710. The van der Waals surface area contributed by atoms with Crippen LogP contribution in [-0.2, 0) is 65.5 Å². The number of aromatic amines is 2. The molecule has 6 aromatic rings. The normalized spacial score (nSPS) is 15.2. The highest BCUT2D eigenvalue weighted by Crippen LogP contribution is 2.39. The first-order valence-corrected chi connectivity index (χ1v) is 25.7. The molecule has 0 unspecified atom stereocenters. The predicted molar refractivity (Wildman–Crippen MR) is 281 cm³/mol. The van der Waals surface area contributed by atoms with Crippen molar-refractivity contribution in [1.29, 1.82) is 0 Å². The second kappa shape index (κ2) is 25.9. The van der Waals surface area contributed by atoms with Crippen molar-refractivity contribution in [2.24, 2.45) is 0 Å². The van der Waals surface area contributed by atoms with Crippen molar-refractivity contribution in [1.82, 2.24) is 40.4 Å². The van der Waals surface area contributed by atoms with Gasteiger partial charge in [0.2, 0.25) is 23.6 Å². The Labute approximate surface area is 437 Å². The van der Waals surface area contributed by atoms with Gasteiger partial charge < -0.3 is 44.6 Å². The second-order valence-electron chi connectivity index (χ2n) is 18.5. The van der Waals surface area contributed by atoms with E-state index < -0.39 is 23.3 Å². The van der Waals surface area contributed by atoms with E-state index in [1.165, 1.54) is 0 Å². The number of likely N-dealkylation sites (tertiary alicyclic amines) is 2. The highest BCUT2D eigenvalue weighted by atomic mass is 35.5. The number of hydrogen-bond acceptors (Lipinski definition) is 9. The molecule has 2 aromatic heterocycles. The standard InChI is InChI=1S/C28H32Cl2N4O3.C28H34N4O4/c1-2-3-13-37-28(21-7-5-4-6-8-21)17-34(18-28)27(36)25(14-20-9-10-22(29)15-24(20)30)33-26(35)12-11-23-16-31-19-32-23;1-4-36-28(24-8-6-5-7-20(24)2)17-32(18-28)27(34)25(15-21-9-12-23(35-3)13-10-21)31-26(33)14-11-22-16-29-19-30-22/h4-10,15-16,19,25H,2-3,11-14,17-18H2,1H3,(H,31,32)(H,33,35);5-10,12-13,16,19,25H,4,11,14-15,17-18H2,1-3H3,(H,29,30)(H,31,33)/t2*25-/m11/s1. The van der Waals surface area contributed by atoms with Gasteiger partial charge in [-0.3, -0.25) is 19.2 Å². The number of methoxy groups -OCH3 is 1. The van der Waals surface area contributed by atoms with Crippen LogP contribution in [0, 0.1) is 6.92 Å². The Balaban J connectivity index is 0.000000214. The summed E-state index contributed by atoms with van der Waals surface area (Å²) in [6.45, 7) is 9.08. The van der Waals surface area contributed by atoms with Crippen LogP contribution in [0.3, 0.4) is 0 Å². The van der Waals surface area contributed by atoms with E-state index in [-0.39, 0.29) is 42.9 Å². The van der Waals surface area contributed by atoms with Crippen LogP contribution in [-0.4, -0.2) is 112 Å². The van der Waals surface area contributed by atoms with E-state index in [0.29, 0.717) is 68.7 Å². The number of amides is 4. The molecule has 15 nitrogen and oxygen atoms in total. The van der Waals surface area contributed by atoms with E-state index in [2.05, 4.69) is 56.5 Å². The molecule has 386 valence electrons. The van der Waals surface area contributed by atoms with Gasteiger partial charge in [0.05, 0.1) is 57.3 Å². The molecular formula is C56H66Cl2N8O7. The largest absolute Gasteiger partial charge is 0.497 e. The van der Waals surface area contributed by atoms with Crippen LogP contribution in [0.4, 0.5) is 0 Å². The SMILES string of the molecule is CCCCOC1(c2ccccc2)CN(C(=O)[C@@H](Cc2ccc(Cl)cc2Cl)NC(=O)CCc2c[nH]cn2)C1.CCOC1(c2ccccc2C)CN(C(=O)[C@@H](Cc2ccc(OC)cc2)NC(=O)CCc2c[nH]cn2)C1. The van der Waals surface area contributed by atoms with Crippen molar-refractivity contribution >= 4 is 46.8 Å². The zero-order valence-corrected chi connectivity index (χ0v) is 43.5. The number of halogens is 2. The minimum Gasteiger partial charge on any atom is -0.497 e. The summed E-state index contributed by atoms with van der Waals surface area (Å²) in [4.78, 5) is 70.6. The highest BCUT2D eigenvalue weighted by molar-refractivity contribution is 6.35. The number of carbonyl (C=O) groups is 4. The lowest BCUT2D eigenvalue weighted by Gasteiger charge is -2.51. The van der Waals surface area contributed by atoms with Gasteiger partial charge in [0.15, 0.2) is 0 Å². The summed E-state index contributed by atoms with van der Waals surface area (Å²) in [6.07, 6.45) is 10.8. The van der Waals surface area contributed by atoms with Gasteiger partial charge in [-0.15, -0.1) is 0 Å². The summed E-state index contributed by atoms with van der Waals surface area (Å²) in [5.41, 5.74) is 5.51. The molecule has 0 saturated carbocycles. The van der Waals surface area contributed by atoms with E-state index in [4.69, 9.17) is 37.4 Å². The number of nitrogens with zero attached hydrogens (tertiary/aromatic N) is 4. The lowest BCUT2D eigenvalue weighted by Crippen LogP contribution is -2.66. The second-order valence-corrected chi connectivity index (χ2v) is 19.4. The van der Waals surface area contributed by atoms with Crippen molar-refractivity contribution < 1.29 is 33.4 Å². The molecule has 2 fully saturated rings. The van der Waals surface area contributed by atoms with Crippen LogP contribution in [0.2, 0.25) is 10.0 Å². The van der Waals surface area contributed by atoms with Gasteiger partial charge >= 0.3 is 0 Å². The molecule has 0 spiro atoms. The number of unbranched alkanes of at least 4 members (excludes halogenated alkanes) is 1. The molecule has 2 atom stereocenters. The average Bonchev–Trinajstić information content (AvgIpc) is 4.11. The zero-order chi connectivity index (χ0) is 51.8. The molecule has 4 amide bonds. The van der Waals surface area contributed by atoms with Crippen LogP contribution < -0.4 is 15.4 Å². The molecular weight excluding hydrogens is 968 g/mol. The van der Waals surface area contributed by atoms with Gasteiger partial charge in [-0.05, 0) is 85.2 Å². The van der Waals surface area contributed by atoms with Gasteiger partial charge in [0.25, 0.3) is 0 Å². The van der Waals surface area contributed by atoms with Gasteiger partial charge in [0.1, 0.15) is 29.0 Å². The third-order valence-corrected chi connectivity index (χ3v) is 13.9. The number of aromatic nitrogens is 4. The fourth-order valence-electron chi connectivity index (χ4n) is 9.28. The summed E-state index contributed by atoms with van der Waals surface area (Å²) in [7, 11) is 1.61. The average molecular weight is 1030 g/mol. The maximum absolute atomic E-state index is 13.7. The molecule has 8 rings (SSSR count). The summed E-state index contributed by atoms with van der Waals surface area (Å²) in [5, 5.41) is 6.89. The number of aryl methyl sites for hydroxylation is 3. The molecule has 4 N–H and O–H groups in total. The smallest absolute Gasteiger partial charge is 0.245 e. The van der Waals surface area contributed by atoms with Crippen molar-refractivity contribution in [2.75, 3.05) is 46.5 Å². The van der Waals surface area contributed by atoms with Crippen LogP contribution in [0.1, 0.15) is 78.7 Å². The lowest BCUT2D eigenvalue weighted by atomic mass is 9.82. The zero-order valence-electron chi connectivity index (χ0n) is 42.0. The predicted octanol–water partition coefficient (Wildman–Crippen LogP) is 8.09. The first-order valence-electron chi connectivity index (χ1n) is 24.9. The number of hydrogen-bond donors (Lipinski definition) is 4. The Kier molecular flexibility index (Phi) is 19.3. The Morgan fingerprint density at radius 1 is 0.712 bits per heavy atom. The van der Waals surface area contributed by atoms with Crippen molar-refractivity contribution in [3.05, 3.63) is 171 Å². The monoisotopic (exact) mass is 1030 g/mol. The van der Waals surface area contributed by atoms with Crippen molar-refractivity contribution in [3.8, 4) is 5.75 Å². The quantitative estimate of drug-likeness (QED) is 0.0461. The Morgan fingerprint density at radius 2 is 1.29 bits per heavy atom. The number of rotatable bonds is 23. The summed E-state index contributed by atoms with van der Waals surface area (Å²) < 4.78 is 17.8. The minimum atomic E-state index is -0.769. The van der Waals surface area contributed by atoms with Crippen molar-refractivity contribution in [3.63, 3.8) is 0 Å². The van der Waals surface area contributed by atoms with Crippen LogP contribution in [0.5, 0.6) is 5.75 Å². The van der Waals surface area contributed by atoms with Crippen LogP contribution in [0.15, 0.2) is 122 Å². The third-order valence-electron chi connectivity index (χ3n) is 13.3. The molecule has 2 aliphatic rings. The number of benzene rings is 4. The number of nitrogens with one attached hydrogen (secondary N) is 4. The fraction of sp³-hybridized carbons (Fsp3) is 0.393.